The van der Waals surface area contributed by atoms with E-state index in [1.54, 1.807) is 12.5 Å². The zero-order chi connectivity index (χ0) is 21.5. The number of halogens is 2. The largest absolute Gasteiger partial charge is 0.471 e. The second-order valence-corrected chi connectivity index (χ2v) is 6.89. The number of anilines is 1. The quantitative estimate of drug-likeness (QED) is 0.445. The molecule has 0 aliphatic carbocycles. The Morgan fingerprint density at radius 1 is 1.30 bits per heavy atom. The third-order valence-corrected chi connectivity index (χ3v) is 4.70. The van der Waals surface area contributed by atoms with Gasteiger partial charge in [0, 0.05) is 37.1 Å². The summed E-state index contributed by atoms with van der Waals surface area (Å²) in [5.41, 5.74) is 5.32. The lowest BCUT2D eigenvalue weighted by Gasteiger charge is -2.08. The number of nitrogens with two attached hydrogens (primary N) is 1. The Morgan fingerprint density at radius 3 is 2.83 bits per heavy atom. The fourth-order valence-corrected chi connectivity index (χ4v) is 3.23. The summed E-state index contributed by atoms with van der Waals surface area (Å²) < 4.78 is 37.9. The third kappa shape index (κ3) is 5.50. The summed E-state index contributed by atoms with van der Waals surface area (Å²) >= 11 is 0.798. The minimum Gasteiger partial charge on any atom is -0.471 e. The van der Waals surface area contributed by atoms with Gasteiger partial charge in [-0.05, 0) is 30.1 Å². The van der Waals surface area contributed by atoms with Crippen molar-refractivity contribution in [3.05, 3.63) is 59.7 Å². The molecule has 0 saturated carbocycles. The molecule has 2 heterocycles. The first kappa shape index (κ1) is 21.2. The molecule has 0 spiro atoms. The zero-order valence-electron chi connectivity index (χ0n) is 15.6. The minimum atomic E-state index is -0.867. The molecule has 0 aliphatic heterocycles. The van der Waals surface area contributed by atoms with Crippen molar-refractivity contribution in [1.29, 1.82) is 0 Å². The second-order valence-electron chi connectivity index (χ2n) is 6.12. The number of ether oxygens (including phenoxy) is 1. The van der Waals surface area contributed by atoms with Crippen molar-refractivity contribution in [2.75, 3.05) is 11.9 Å². The van der Waals surface area contributed by atoms with Crippen molar-refractivity contribution in [2.24, 2.45) is 5.73 Å². The Bertz CT molecular complexity index is 1030. The third-order valence-electron chi connectivity index (χ3n) is 3.95. The van der Waals surface area contributed by atoms with Crippen LogP contribution in [-0.2, 0) is 13.2 Å². The SMILES string of the molecule is NC(=O)c1c(OCc2ccc(F)cc2F)nsc1NC(=O)NCCCn1ccnc1. The highest BCUT2D eigenvalue weighted by molar-refractivity contribution is 7.11. The van der Waals surface area contributed by atoms with Crippen LogP contribution in [0.3, 0.4) is 0 Å². The summed E-state index contributed by atoms with van der Waals surface area (Å²) in [5, 5.41) is 5.26. The van der Waals surface area contributed by atoms with Crippen molar-refractivity contribution in [1.82, 2.24) is 19.2 Å². The van der Waals surface area contributed by atoms with Crippen LogP contribution in [0.15, 0.2) is 36.9 Å². The highest BCUT2D eigenvalue weighted by atomic mass is 32.1. The van der Waals surface area contributed by atoms with E-state index in [4.69, 9.17) is 10.5 Å². The number of carbonyl (C=O) groups excluding carboxylic acids is 2. The highest BCUT2D eigenvalue weighted by Gasteiger charge is 2.22. The molecular formula is C18H18F2N6O3S. The van der Waals surface area contributed by atoms with Crippen LogP contribution >= 0.6 is 11.5 Å². The van der Waals surface area contributed by atoms with Crippen LogP contribution in [0.25, 0.3) is 0 Å². The van der Waals surface area contributed by atoms with Crippen LogP contribution in [0.4, 0.5) is 18.6 Å². The lowest BCUT2D eigenvalue weighted by molar-refractivity contribution is 0.0996. The number of carbonyl (C=O) groups is 2. The molecule has 3 aromatic rings. The molecule has 0 bridgehead atoms. The molecule has 30 heavy (non-hydrogen) atoms. The van der Waals surface area contributed by atoms with E-state index in [1.807, 2.05) is 10.8 Å². The molecule has 2 aromatic heterocycles. The molecular weight excluding hydrogens is 418 g/mol. The predicted molar refractivity (Wildman–Crippen MR) is 105 cm³/mol. The number of hydrogen-bond donors (Lipinski definition) is 3. The van der Waals surface area contributed by atoms with Gasteiger partial charge in [-0.2, -0.15) is 4.37 Å². The summed E-state index contributed by atoms with van der Waals surface area (Å²) in [6.45, 7) is 0.781. The van der Waals surface area contributed by atoms with Gasteiger partial charge in [-0.3, -0.25) is 10.1 Å². The van der Waals surface area contributed by atoms with Crippen molar-refractivity contribution in [2.45, 2.75) is 19.6 Å². The van der Waals surface area contributed by atoms with Crippen LogP contribution in [0.2, 0.25) is 0 Å². The van der Waals surface area contributed by atoms with Crippen molar-refractivity contribution >= 4 is 28.5 Å². The van der Waals surface area contributed by atoms with Gasteiger partial charge in [-0.25, -0.2) is 18.6 Å². The normalized spacial score (nSPS) is 10.6. The van der Waals surface area contributed by atoms with Gasteiger partial charge in [-0.1, -0.05) is 0 Å². The first-order chi connectivity index (χ1) is 14.4. The molecule has 0 saturated heterocycles. The Hall–Kier alpha value is -3.54. The Labute approximate surface area is 174 Å². The smallest absolute Gasteiger partial charge is 0.319 e. The molecule has 0 atom stereocenters. The molecule has 0 radical (unpaired) electrons. The maximum Gasteiger partial charge on any atom is 0.319 e. The summed E-state index contributed by atoms with van der Waals surface area (Å²) in [6, 6.07) is 2.49. The van der Waals surface area contributed by atoms with Crippen LogP contribution in [0.1, 0.15) is 22.3 Å². The number of urea groups is 1. The molecule has 0 aliphatic rings. The molecule has 158 valence electrons. The maximum absolute atomic E-state index is 13.7. The van der Waals surface area contributed by atoms with E-state index in [0.29, 0.717) is 19.5 Å². The Kier molecular flexibility index (Phi) is 6.91. The minimum absolute atomic E-state index is 0.0740. The van der Waals surface area contributed by atoms with Gasteiger partial charge in [0.1, 0.15) is 28.8 Å². The van der Waals surface area contributed by atoms with E-state index in [9.17, 15) is 18.4 Å². The number of hydrogen-bond acceptors (Lipinski definition) is 6. The van der Waals surface area contributed by atoms with Gasteiger partial charge < -0.3 is 20.4 Å². The molecule has 3 amide bonds. The topological polar surface area (TPSA) is 124 Å². The fraction of sp³-hybridized carbons (Fsp3) is 0.222. The van der Waals surface area contributed by atoms with Gasteiger partial charge in [0.05, 0.1) is 6.33 Å². The van der Waals surface area contributed by atoms with E-state index >= 15 is 0 Å². The van der Waals surface area contributed by atoms with Crippen LogP contribution < -0.4 is 21.1 Å². The number of amides is 3. The van der Waals surface area contributed by atoms with Crippen molar-refractivity contribution in [3.63, 3.8) is 0 Å². The number of imidazole rings is 1. The number of primary amides is 1. The molecule has 0 unspecified atom stereocenters. The molecule has 4 N–H and O–H groups in total. The number of nitrogens with one attached hydrogen (secondary N) is 2. The van der Waals surface area contributed by atoms with Crippen LogP contribution in [0.5, 0.6) is 5.88 Å². The van der Waals surface area contributed by atoms with Gasteiger partial charge in [0.2, 0.25) is 5.88 Å². The zero-order valence-corrected chi connectivity index (χ0v) is 16.4. The van der Waals surface area contributed by atoms with E-state index in [0.717, 1.165) is 23.7 Å². The van der Waals surface area contributed by atoms with Gasteiger partial charge >= 0.3 is 6.03 Å². The van der Waals surface area contributed by atoms with Crippen molar-refractivity contribution < 1.29 is 23.1 Å². The average Bonchev–Trinajstić information content (AvgIpc) is 3.34. The van der Waals surface area contributed by atoms with E-state index in [-0.39, 0.29) is 28.6 Å². The van der Waals surface area contributed by atoms with Crippen LogP contribution in [-0.4, -0.2) is 32.4 Å². The molecule has 0 fully saturated rings. The summed E-state index contributed by atoms with van der Waals surface area (Å²) in [5.74, 6) is -2.52. The average molecular weight is 436 g/mol. The number of aromatic nitrogens is 3. The predicted octanol–water partition coefficient (Wildman–Crippen LogP) is 2.51. The van der Waals surface area contributed by atoms with Gasteiger partial charge in [0.25, 0.3) is 5.91 Å². The summed E-state index contributed by atoms with van der Waals surface area (Å²) in [7, 11) is 0. The summed E-state index contributed by atoms with van der Waals surface area (Å²) in [6.07, 6.45) is 5.83. The monoisotopic (exact) mass is 436 g/mol. The second kappa shape index (κ2) is 9.78. The molecule has 9 nitrogen and oxygen atoms in total. The lowest BCUT2D eigenvalue weighted by Crippen LogP contribution is -2.30. The van der Waals surface area contributed by atoms with E-state index in [2.05, 4.69) is 20.0 Å². The Morgan fingerprint density at radius 2 is 2.13 bits per heavy atom. The lowest BCUT2D eigenvalue weighted by atomic mass is 10.2. The molecule has 12 heteroatoms. The number of rotatable bonds is 9. The number of nitrogens with zero attached hydrogens (tertiary/aromatic N) is 3. The Balaban J connectivity index is 1.56. The standard InChI is InChI=1S/C18H18F2N6O3S/c19-12-3-2-11(13(20)8-12)9-29-16-14(15(21)27)17(30-25-16)24-18(28)23-4-1-6-26-7-5-22-10-26/h2-3,5,7-8,10H,1,4,6,9H2,(H2,21,27)(H2,23,24,28). The van der Waals surface area contributed by atoms with Crippen molar-refractivity contribution in [3.8, 4) is 5.88 Å². The van der Waals surface area contributed by atoms with E-state index in [1.165, 1.54) is 6.07 Å². The van der Waals surface area contributed by atoms with Crippen LogP contribution in [0, 0.1) is 11.6 Å². The first-order valence-corrected chi connectivity index (χ1v) is 9.58. The van der Waals surface area contributed by atoms with Gasteiger partial charge in [0.15, 0.2) is 0 Å². The fourth-order valence-electron chi connectivity index (χ4n) is 2.49. The maximum atomic E-state index is 13.7. The molecule has 3 rings (SSSR count). The van der Waals surface area contributed by atoms with E-state index < -0.39 is 23.6 Å². The number of benzene rings is 1. The molecule has 1 aromatic carbocycles. The van der Waals surface area contributed by atoms with Gasteiger partial charge in [-0.15, -0.1) is 0 Å². The first-order valence-electron chi connectivity index (χ1n) is 8.81. The summed E-state index contributed by atoms with van der Waals surface area (Å²) in [4.78, 5) is 27.8. The number of aryl methyl sites for hydroxylation is 1. The highest BCUT2D eigenvalue weighted by Crippen LogP contribution is 2.30.